The molecule has 0 amide bonds. The van der Waals surface area contributed by atoms with E-state index >= 15 is 0 Å². The van der Waals surface area contributed by atoms with E-state index in [1.54, 1.807) is 0 Å². The maximum absolute atomic E-state index is 3.54. The normalized spacial score (nSPS) is 14.4. The largest absolute Gasteiger partial charge is 0.314 e. The van der Waals surface area contributed by atoms with Crippen molar-refractivity contribution in [3.63, 3.8) is 0 Å². The summed E-state index contributed by atoms with van der Waals surface area (Å²) in [5.74, 6) is 0. The minimum atomic E-state index is 0.347. The van der Waals surface area contributed by atoms with Crippen molar-refractivity contribution in [1.82, 2.24) is 10.2 Å². The first-order valence-electron chi connectivity index (χ1n) is 6.88. The van der Waals surface area contributed by atoms with Crippen molar-refractivity contribution in [2.24, 2.45) is 0 Å². The van der Waals surface area contributed by atoms with E-state index in [4.69, 9.17) is 0 Å². The molecular formula is C14H32N2. The van der Waals surface area contributed by atoms with Crippen LogP contribution in [0.2, 0.25) is 0 Å². The SMILES string of the molecule is CCCNC(C)CCCN(C)C(C)(C)CC. The Bertz CT molecular complexity index is 166. The second-order valence-corrected chi connectivity index (χ2v) is 5.58. The van der Waals surface area contributed by atoms with E-state index in [0.29, 0.717) is 11.6 Å². The van der Waals surface area contributed by atoms with E-state index in [2.05, 4.69) is 51.9 Å². The Morgan fingerprint density at radius 3 is 2.38 bits per heavy atom. The van der Waals surface area contributed by atoms with Crippen molar-refractivity contribution < 1.29 is 0 Å². The number of nitrogens with zero attached hydrogens (tertiary/aromatic N) is 1. The summed E-state index contributed by atoms with van der Waals surface area (Å²) < 4.78 is 0. The van der Waals surface area contributed by atoms with Crippen LogP contribution in [0.3, 0.4) is 0 Å². The number of nitrogens with one attached hydrogen (secondary N) is 1. The van der Waals surface area contributed by atoms with Crippen LogP contribution in [0.15, 0.2) is 0 Å². The van der Waals surface area contributed by atoms with Crippen LogP contribution in [-0.2, 0) is 0 Å². The van der Waals surface area contributed by atoms with E-state index in [9.17, 15) is 0 Å². The molecule has 1 atom stereocenters. The van der Waals surface area contributed by atoms with Gasteiger partial charge in [-0.3, -0.25) is 0 Å². The van der Waals surface area contributed by atoms with E-state index in [1.807, 2.05) is 0 Å². The number of rotatable bonds is 9. The molecule has 16 heavy (non-hydrogen) atoms. The van der Waals surface area contributed by atoms with Crippen LogP contribution >= 0.6 is 0 Å². The van der Waals surface area contributed by atoms with Gasteiger partial charge in [0, 0.05) is 11.6 Å². The van der Waals surface area contributed by atoms with Crippen molar-refractivity contribution in [2.75, 3.05) is 20.1 Å². The average Bonchev–Trinajstić information content (AvgIpc) is 2.26. The molecule has 2 nitrogen and oxygen atoms in total. The van der Waals surface area contributed by atoms with Gasteiger partial charge in [0.25, 0.3) is 0 Å². The van der Waals surface area contributed by atoms with Crippen LogP contribution in [0.1, 0.15) is 60.3 Å². The first kappa shape index (κ1) is 15.9. The molecule has 0 radical (unpaired) electrons. The van der Waals surface area contributed by atoms with Crippen LogP contribution in [0, 0.1) is 0 Å². The monoisotopic (exact) mass is 228 g/mol. The number of hydrogen-bond donors (Lipinski definition) is 1. The Morgan fingerprint density at radius 2 is 1.88 bits per heavy atom. The zero-order valence-electron chi connectivity index (χ0n) is 12.3. The summed E-state index contributed by atoms with van der Waals surface area (Å²) in [6.07, 6.45) is 5.02. The maximum atomic E-state index is 3.54. The van der Waals surface area contributed by atoms with Gasteiger partial charge in [-0.2, -0.15) is 0 Å². The molecular weight excluding hydrogens is 196 g/mol. The first-order valence-corrected chi connectivity index (χ1v) is 6.88. The topological polar surface area (TPSA) is 15.3 Å². The summed E-state index contributed by atoms with van der Waals surface area (Å²) >= 11 is 0. The lowest BCUT2D eigenvalue weighted by molar-refractivity contribution is 0.147. The highest BCUT2D eigenvalue weighted by Gasteiger charge is 2.20. The van der Waals surface area contributed by atoms with Gasteiger partial charge in [-0.05, 0) is 66.6 Å². The lowest BCUT2D eigenvalue weighted by Gasteiger charge is -2.35. The fourth-order valence-corrected chi connectivity index (χ4v) is 1.70. The van der Waals surface area contributed by atoms with Gasteiger partial charge in [-0.15, -0.1) is 0 Å². The Balaban J connectivity index is 3.65. The highest BCUT2D eigenvalue weighted by atomic mass is 15.2. The fraction of sp³-hybridized carbons (Fsp3) is 1.00. The Kier molecular flexibility index (Phi) is 8.04. The molecule has 0 aromatic rings. The second kappa shape index (κ2) is 8.08. The predicted octanol–water partition coefficient (Wildman–Crippen LogP) is 3.28. The molecule has 0 saturated carbocycles. The van der Waals surface area contributed by atoms with Gasteiger partial charge >= 0.3 is 0 Å². The van der Waals surface area contributed by atoms with Gasteiger partial charge in [0.2, 0.25) is 0 Å². The van der Waals surface area contributed by atoms with Crippen molar-refractivity contribution >= 4 is 0 Å². The van der Waals surface area contributed by atoms with Gasteiger partial charge in [0.15, 0.2) is 0 Å². The number of hydrogen-bond acceptors (Lipinski definition) is 2. The van der Waals surface area contributed by atoms with E-state index in [1.165, 1.54) is 32.2 Å². The van der Waals surface area contributed by atoms with Crippen LogP contribution < -0.4 is 5.32 Å². The summed E-state index contributed by atoms with van der Waals surface area (Å²) in [5, 5.41) is 3.54. The minimum Gasteiger partial charge on any atom is -0.314 e. The summed E-state index contributed by atoms with van der Waals surface area (Å²) in [7, 11) is 2.24. The molecule has 0 aliphatic heterocycles. The van der Waals surface area contributed by atoms with Gasteiger partial charge in [-0.1, -0.05) is 13.8 Å². The molecule has 0 saturated heterocycles. The predicted molar refractivity (Wildman–Crippen MR) is 74.0 cm³/mol. The fourth-order valence-electron chi connectivity index (χ4n) is 1.70. The van der Waals surface area contributed by atoms with Gasteiger partial charge in [-0.25, -0.2) is 0 Å². The van der Waals surface area contributed by atoms with Crippen molar-refractivity contribution in [1.29, 1.82) is 0 Å². The standard InChI is InChI=1S/C14H32N2/c1-7-11-15-13(3)10-9-12-16(6)14(4,5)8-2/h13,15H,7-12H2,1-6H3. The molecule has 0 aliphatic rings. The van der Waals surface area contributed by atoms with Crippen LogP contribution in [-0.4, -0.2) is 36.6 Å². The lowest BCUT2D eigenvalue weighted by Crippen LogP contribution is -2.41. The Hall–Kier alpha value is -0.0800. The Morgan fingerprint density at radius 1 is 1.25 bits per heavy atom. The van der Waals surface area contributed by atoms with Crippen molar-refractivity contribution in [3.05, 3.63) is 0 Å². The van der Waals surface area contributed by atoms with Gasteiger partial charge < -0.3 is 10.2 Å². The third-order valence-corrected chi connectivity index (χ3v) is 3.77. The van der Waals surface area contributed by atoms with Gasteiger partial charge in [0.1, 0.15) is 0 Å². The molecule has 0 aliphatic carbocycles. The third kappa shape index (κ3) is 6.49. The minimum absolute atomic E-state index is 0.347. The van der Waals surface area contributed by atoms with Crippen molar-refractivity contribution in [3.8, 4) is 0 Å². The van der Waals surface area contributed by atoms with E-state index in [-0.39, 0.29) is 0 Å². The lowest BCUT2D eigenvalue weighted by atomic mass is 9.99. The average molecular weight is 228 g/mol. The van der Waals surface area contributed by atoms with E-state index in [0.717, 1.165) is 6.54 Å². The molecule has 2 heteroatoms. The third-order valence-electron chi connectivity index (χ3n) is 3.77. The molecule has 0 aromatic heterocycles. The molecule has 0 spiro atoms. The van der Waals surface area contributed by atoms with Crippen LogP contribution in [0.4, 0.5) is 0 Å². The summed E-state index contributed by atoms with van der Waals surface area (Å²) in [4.78, 5) is 2.49. The van der Waals surface area contributed by atoms with Crippen LogP contribution in [0.25, 0.3) is 0 Å². The molecule has 1 N–H and O–H groups in total. The summed E-state index contributed by atoms with van der Waals surface area (Å²) in [6, 6.07) is 0.665. The highest BCUT2D eigenvalue weighted by molar-refractivity contribution is 4.77. The summed E-state index contributed by atoms with van der Waals surface area (Å²) in [6.45, 7) is 13.8. The zero-order valence-corrected chi connectivity index (χ0v) is 12.3. The second-order valence-electron chi connectivity index (χ2n) is 5.58. The zero-order chi connectivity index (χ0) is 12.6. The molecule has 0 rings (SSSR count). The highest BCUT2D eigenvalue weighted by Crippen LogP contribution is 2.16. The smallest absolute Gasteiger partial charge is 0.0147 e. The molecule has 0 aromatic carbocycles. The molecule has 98 valence electrons. The van der Waals surface area contributed by atoms with Crippen molar-refractivity contribution in [2.45, 2.75) is 71.9 Å². The van der Waals surface area contributed by atoms with Crippen LogP contribution in [0.5, 0.6) is 0 Å². The molecule has 1 unspecified atom stereocenters. The van der Waals surface area contributed by atoms with Gasteiger partial charge in [0.05, 0.1) is 0 Å². The molecule has 0 bridgehead atoms. The van der Waals surface area contributed by atoms with E-state index < -0.39 is 0 Å². The first-order chi connectivity index (χ1) is 7.44. The molecule has 0 fully saturated rings. The Labute approximate surface area is 103 Å². The molecule has 0 heterocycles. The summed E-state index contributed by atoms with van der Waals surface area (Å²) in [5.41, 5.74) is 0.347. The quantitative estimate of drug-likeness (QED) is 0.651. The maximum Gasteiger partial charge on any atom is 0.0147 e.